The molecule has 5 nitrogen and oxygen atoms in total. The fourth-order valence-electron chi connectivity index (χ4n) is 2.82. The van der Waals surface area contributed by atoms with Crippen LogP contribution in [0.5, 0.6) is 0 Å². The lowest BCUT2D eigenvalue weighted by atomic mass is 10.2. The lowest BCUT2D eigenvalue weighted by Gasteiger charge is -2.18. The topological polar surface area (TPSA) is 57.3 Å². The molecule has 3 aromatic rings. The average Bonchev–Trinajstić information content (AvgIpc) is 2.99. The van der Waals surface area contributed by atoms with E-state index in [1.54, 1.807) is 12.1 Å². The van der Waals surface area contributed by atoms with Crippen molar-refractivity contribution in [3.8, 4) is 11.3 Å². The van der Waals surface area contributed by atoms with E-state index in [0.717, 1.165) is 16.9 Å². The van der Waals surface area contributed by atoms with Gasteiger partial charge in [-0.2, -0.15) is 4.31 Å². The van der Waals surface area contributed by atoms with Crippen LogP contribution in [0.2, 0.25) is 0 Å². The first-order chi connectivity index (χ1) is 11.5. The molecule has 1 aromatic carbocycles. The molecule has 0 aliphatic carbocycles. The van der Waals surface area contributed by atoms with E-state index in [9.17, 15) is 8.42 Å². The minimum Gasteiger partial charge on any atom is -0.237 e. The average molecular weight is 344 g/mol. The Balaban J connectivity index is 1.96. The number of sulfonamides is 1. The van der Waals surface area contributed by atoms with Gasteiger partial charge >= 0.3 is 0 Å². The van der Waals surface area contributed by atoms with Crippen LogP contribution in [0, 0.1) is 6.92 Å². The van der Waals surface area contributed by atoms with Crippen molar-refractivity contribution < 1.29 is 12.8 Å². The molecule has 3 rings (SSSR count). The van der Waals surface area contributed by atoms with Gasteiger partial charge in [0.15, 0.2) is 5.69 Å². The molecule has 0 saturated carbocycles. The van der Waals surface area contributed by atoms with Crippen molar-refractivity contribution in [1.82, 2.24) is 9.29 Å². The summed E-state index contributed by atoms with van der Waals surface area (Å²) in [5, 5.41) is 0. The van der Waals surface area contributed by atoms with E-state index in [0.29, 0.717) is 18.0 Å². The standard InChI is InChI=1S/C18H21N3O2S/c1-4-21(5-2)24(22,23)16-9-7-15(8-10-16)17-13-20-12-14(3)6-11-18(20)19-17/h6-13H,4-5H2,1-3H3/p+1. The number of imidazole rings is 1. The Bertz CT molecular complexity index is 956. The van der Waals surface area contributed by atoms with Crippen molar-refractivity contribution in [2.24, 2.45) is 0 Å². The highest BCUT2D eigenvalue weighted by molar-refractivity contribution is 7.89. The molecule has 0 saturated heterocycles. The first kappa shape index (κ1) is 16.7. The molecule has 0 unspecified atom stereocenters. The Morgan fingerprint density at radius 3 is 2.29 bits per heavy atom. The highest BCUT2D eigenvalue weighted by Crippen LogP contribution is 2.21. The highest BCUT2D eigenvalue weighted by atomic mass is 32.2. The van der Waals surface area contributed by atoms with Gasteiger partial charge in [0.05, 0.1) is 11.1 Å². The van der Waals surface area contributed by atoms with Gasteiger partial charge in [-0.25, -0.2) is 17.8 Å². The van der Waals surface area contributed by atoms with E-state index in [1.807, 2.05) is 49.6 Å². The fraction of sp³-hybridized carbons (Fsp3) is 0.278. The van der Waals surface area contributed by atoms with E-state index in [4.69, 9.17) is 0 Å². The number of H-pyrrole nitrogens is 1. The molecule has 6 heteroatoms. The smallest absolute Gasteiger partial charge is 0.237 e. The van der Waals surface area contributed by atoms with Gasteiger partial charge in [-0.1, -0.05) is 13.8 Å². The quantitative estimate of drug-likeness (QED) is 0.724. The summed E-state index contributed by atoms with van der Waals surface area (Å²) in [6, 6.07) is 11.1. The Labute approximate surface area is 142 Å². The van der Waals surface area contributed by atoms with Crippen LogP contribution in [-0.4, -0.2) is 30.8 Å². The van der Waals surface area contributed by atoms with Crippen LogP contribution in [0.3, 0.4) is 0 Å². The second-order valence-corrected chi connectivity index (χ2v) is 7.72. The molecule has 126 valence electrons. The summed E-state index contributed by atoms with van der Waals surface area (Å²) in [4.78, 5) is 3.67. The summed E-state index contributed by atoms with van der Waals surface area (Å²) >= 11 is 0. The van der Waals surface area contributed by atoms with Crippen LogP contribution in [0.25, 0.3) is 16.9 Å². The van der Waals surface area contributed by atoms with E-state index < -0.39 is 10.0 Å². The van der Waals surface area contributed by atoms with Crippen LogP contribution in [0.1, 0.15) is 19.4 Å². The molecule has 0 atom stereocenters. The lowest BCUT2D eigenvalue weighted by molar-refractivity contribution is -0.510. The molecule has 1 N–H and O–H groups in total. The van der Waals surface area contributed by atoms with Crippen molar-refractivity contribution >= 4 is 15.7 Å². The number of aromatic amines is 1. The van der Waals surface area contributed by atoms with Crippen molar-refractivity contribution in [3.05, 3.63) is 54.4 Å². The van der Waals surface area contributed by atoms with E-state index >= 15 is 0 Å². The molecule has 2 heterocycles. The summed E-state index contributed by atoms with van der Waals surface area (Å²) in [7, 11) is -3.41. The first-order valence-electron chi connectivity index (χ1n) is 8.07. The number of pyridine rings is 1. The fourth-order valence-corrected chi connectivity index (χ4v) is 4.27. The van der Waals surface area contributed by atoms with Gasteiger partial charge in [-0.05, 0) is 42.8 Å². The number of nitrogens with zero attached hydrogens (tertiary/aromatic N) is 2. The van der Waals surface area contributed by atoms with Crippen LogP contribution < -0.4 is 4.40 Å². The van der Waals surface area contributed by atoms with Crippen molar-refractivity contribution in [2.75, 3.05) is 13.1 Å². The molecule has 0 aliphatic rings. The molecule has 0 spiro atoms. The summed E-state index contributed by atoms with van der Waals surface area (Å²) in [5.41, 5.74) is 4.08. The van der Waals surface area contributed by atoms with Crippen LogP contribution in [0.15, 0.2) is 53.7 Å². The molecule has 0 radical (unpaired) electrons. The zero-order valence-electron chi connectivity index (χ0n) is 14.2. The van der Waals surface area contributed by atoms with Gasteiger partial charge in [0.1, 0.15) is 6.20 Å². The van der Waals surface area contributed by atoms with Crippen molar-refractivity contribution in [3.63, 3.8) is 0 Å². The van der Waals surface area contributed by atoms with E-state index in [1.165, 1.54) is 9.87 Å². The Morgan fingerprint density at radius 2 is 1.67 bits per heavy atom. The molecule has 0 fully saturated rings. The lowest BCUT2D eigenvalue weighted by Crippen LogP contribution is -2.30. The van der Waals surface area contributed by atoms with E-state index in [2.05, 4.69) is 17.2 Å². The maximum Gasteiger partial charge on any atom is 0.284 e. The number of fused-ring (bicyclic) bond motifs is 1. The van der Waals surface area contributed by atoms with Gasteiger partial charge in [-0.15, -0.1) is 0 Å². The van der Waals surface area contributed by atoms with Crippen LogP contribution in [0.4, 0.5) is 0 Å². The minimum absolute atomic E-state index is 0.328. The monoisotopic (exact) mass is 344 g/mol. The zero-order valence-corrected chi connectivity index (χ0v) is 15.0. The number of nitrogens with one attached hydrogen (secondary N) is 1. The third-order valence-corrected chi connectivity index (χ3v) is 6.23. The summed E-state index contributed by atoms with van der Waals surface area (Å²) < 4.78 is 28.6. The normalized spacial score (nSPS) is 12.2. The van der Waals surface area contributed by atoms with Crippen LogP contribution >= 0.6 is 0 Å². The molecular weight excluding hydrogens is 322 g/mol. The molecule has 0 aliphatic heterocycles. The second kappa shape index (κ2) is 6.37. The van der Waals surface area contributed by atoms with Gasteiger partial charge in [-0.3, -0.25) is 0 Å². The van der Waals surface area contributed by atoms with E-state index in [-0.39, 0.29) is 0 Å². The zero-order chi connectivity index (χ0) is 17.3. The number of hydrogen-bond donors (Lipinski definition) is 1. The van der Waals surface area contributed by atoms with Gasteiger partial charge in [0, 0.05) is 24.7 Å². The summed E-state index contributed by atoms with van der Waals surface area (Å²) in [5.74, 6) is 0. The van der Waals surface area contributed by atoms with Gasteiger partial charge in [0.25, 0.3) is 5.65 Å². The third-order valence-electron chi connectivity index (χ3n) is 4.16. The number of aromatic nitrogens is 2. The number of rotatable bonds is 5. The summed E-state index contributed by atoms with van der Waals surface area (Å²) in [6.07, 6.45) is 4.06. The number of benzene rings is 1. The maximum atomic E-state index is 12.5. The molecule has 0 bridgehead atoms. The third kappa shape index (κ3) is 2.95. The predicted octanol–water partition coefficient (Wildman–Crippen LogP) is 2.76. The van der Waals surface area contributed by atoms with Crippen LogP contribution in [-0.2, 0) is 10.0 Å². The molecule has 2 aromatic heterocycles. The molecule has 24 heavy (non-hydrogen) atoms. The Morgan fingerprint density at radius 1 is 1.00 bits per heavy atom. The Kier molecular flexibility index (Phi) is 4.43. The number of aryl methyl sites for hydroxylation is 1. The van der Waals surface area contributed by atoms with Crippen molar-refractivity contribution in [1.29, 1.82) is 0 Å². The minimum atomic E-state index is -3.41. The molecular formula is C18H22N3O2S+. The largest absolute Gasteiger partial charge is 0.284 e. The molecule has 0 amide bonds. The summed E-state index contributed by atoms with van der Waals surface area (Å²) in [6.45, 7) is 6.68. The maximum absolute atomic E-state index is 12.5. The second-order valence-electron chi connectivity index (χ2n) is 5.78. The predicted molar refractivity (Wildman–Crippen MR) is 94.2 cm³/mol. The highest BCUT2D eigenvalue weighted by Gasteiger charge is 2.21. The van der Waals surface area contributed by atoms with Gasteiger partial charge in [0.2, 0.25) is 10.0 Å². The first-order valence-corrected chi connectivity index (χ1v) is 9.51. The SMILES string of the molecule is CCN(CC)S(=O)(=O)c1ccc(-c2c[n+]3cc(C)ccc3[nH]2)cc1. The number of hydrogen-bond acceptors (Lipinski definition) is 2. The Hall–Kier alpha value is -2.18. The van der Waals surface area contributed by atoms with Gasteiger partial charge < -0.3 is 0 Å². The van der Waals surface area contributed by atoms with Crippen molar-refractivity contribution in [2.45, 2.75) is 25.7 Å².